The van der Waals surface area contributed by atoms with Gasteiger partial charge >= 0.3 is 5.97 Å². The maximum atomic E-state index is 10.9. The molecule has 4 nitrogen and oxygen atoms in total. The number of nitrogens with one attached hydrogen (secondary N) is 1. The minimum Gasteiger partial charge on any atom is -0.478 e. The average molecular weight is 309 g/mol. The van der Waals surface area contributed by atoms with Crippen LogP contribution in [0.15, 0.2) is 18.2 Å². The van der Waals surface area contributed by atoms with Crippen LogP contribution in [0.25, 0.3) is 0 Å². The van der Waals surface area contributed by atoms with E-state index in [0.717, 1.165) is 18.5 Å². The zero-order chi connectivity index (χ0) is 15.0. The number of fused-ring (bicyclic) bond motifs is 2. The van der Waals surface area contributed by atoms with Crippen LogP contribution in [0.5, 0.6) is 0 Å². The van der Waals surface area contributed by atoms with Crippen molar-refractivity contribution in [1.82, 2.24) is 4.90 Å². The molecule has 3 rings (SSSR count). The van der Waals surface area contributed by atoms with E-state index >= 15 is 0 Å². The van der Waals surface area contributed by atoms with Gasteiger partial charge in [-0.25, -0.2) is 4.79 Å². The Morgan fingerprint density at radius 1 is 1.33 bits per heavy atom. The molecule has 2 atom stereocenters. The first-order chi connectivity index (χ1) is 10.0. The third-order valence-corrected chi connectivity index (χ3v) is 5.23. The summed E-state index contributed by atoms with van der Waals surface area (Å²) in [7, 11) is 2.24. The summed E-state index contributed by atoms with van der Waals surface area (Å²) >= 11 is 6.21. The number of carbonyl (C=O) groups is 1. The summed E-state index contributed by atoms with van der Waals surface area (Å²) in [6.45, 7) is 0. The third kappa shape index (κ3) is 3.01. The zero-order valence-corrected chi connectivity index (χ0v) is 12.9. The largest absolute Gasteiger partial charge is 0.478 e. The minimum atomic E-state index is -0.947. The van der Waals surface area contributed by atoms with E-state index in [9.17, 15) is 4.79 Å². The standard InChI is InChI=1S/C16H21ClN2O2/c1-19-12-3-2-4-13(19)9-11(8-12)18-15-6-5-10(16(20)21)7-14(15)17/h5-7,11-13,18H,2-4,8-9H2,1H3,(H,20,21). The Bertz CT molecular complexity index is 535. The Morgan fingerprint density at radius 3 is 2.57 bits per heavy atom. The van der Waals surface area contributed by atoms with E-state index in [4.69, 9.17) is 16.7 Å². The van der Waals surface area contributed by atoms with Gasteiger partial charge in [0.2, 0.25) is 0 Å². The van der Waals surface area contributed by atoms with E-state index in [1.54, 1.807) is 12.1 Å². The number of hydrogen-bond acceptors (Lipinski definition) is 3. The van der Waals surface area contributed by atoms with Gasteiger partial charge in [-0.05, 0) is 50.9 Å². The molecule has 2 unspecified atom stereocenters. The summed E-state index contributed by atoms with van der Waals surface area (Å²) in [5.41, 5.74) is 1.07. The van der Waals surface area contributed by atoms with Gasteiger partial charge in [0, 0.05) is 18.1 Å². The quantitative estimate of drug-likeness (QED) is 0.898. The SMILES string of the molecule is CN1C2CCCC1CC(Nc1ccc(C(=O)O)cc1Cl)C2. The lowest BCUT2D eigenvalue weighted by molar-refractivity contribution is 0.0608. The molecule has 5 heteroatoms. The van der Waals surface area contributed by atoms with Gasteiger partial charge in [0.05, 0.1) is 16.3 Å². The van der Waals surface area contributed by atoms with Crippen LogP contribution >= 0.6 is 11.6 Å². The van der Waals surface area contributed by atoms with Gasteiger partial charge in [-0.15, -0.1) is 0 Å². The van der Waals surface area contributed by atoms with Crippen LogP contribution in [0, 0.1) is 0 Å². The first-order valence-corrected chi connectivity index (χ1v) is 7.93. The summed E-state index contributed by atoms with van der Waals surface area (Å²) in [5.74, 6) is -0.947. The van der Waals surface area contributed by atoms with Crippen molar-refractivity contribution in [3.63, 3.8) is 0 Å². The van der Waals surface area contributed by atoms with E-state index in [1.165, 1.54) is 25.3 Å². The van der Waals surface area contributed by atoms with Gasteiger partial charge in [0.15, 0.2) is 0 Å². The van der Waals surface area contributed by atoms with E-state index in [0.29, 0.717) is 23.1 Å². The summed E-state index contributed by atoms with van der Waals surface area (Å²) < 4.78 is 0. The molecule has 0 aromatic heterocycles. The molecule has 0 aliphatic carbocycles. The molecule has 2 saturated heterocycles. The van der Waals surface area contributed by atoms with Crippen LogP contribution in [0.2, 0.25) is 5.02 Å². The number of aromatic carboxylic acids is 1. The molecule has 0 saturated carbocycles. The fourth-order valence-corrected chi connectivity index (χ4v) is 3.95. The first-order valence-electron chi connectivity index (χ1n) is 7.56. The lowest BCUT2D eigenvalue weighted by atomic mass is 9.82. The first kappa shape index (κ1) is 14.7. The topological polar surface area (TPSA) is 52.6 Å². The molecule has 0 radical (unpaired) electrons. The normalized spacial score (nSPS) is 29.1. The molecule has 2 fully saturated rings. The van der Waals surface area contributed by atoms with Gasteiger partial charge in [0.25, 0.3) is 0 Å². The molecule has 2 aliphatic rings. The van der Waals surface area contributed by atoms with E-state index in [1.807, 2.05) is 0 Å². The van der Waals surface area contributed by atoms with E-state index in [-0.39, 0.29) is 5.56 Å². The summed E-state index contributed by atoms with van der Waals surface area (Å²) in [6.07, 6.45) is 6.14. The second kappa shape index (κ2) is 5.85. The maximum Gasteiger partial charge on any atom is 0.335 e. The summed E-state index contributed by atoms with van der Waals surface area (Å²) in [5, 5.41) is 13.0. The highest BCUT2D eigenvalue weighted by Gasteiger charge is 2.35. The Kier molecular flexibility index (Phi) is 4.09. The molecule has 1 aromatic rings. The van der Waals surface area contributed by atoms with E-state index < -0.39 is 5.97 Å². The molecule has 2 heterocycles. The number of benzene rings is 1. The van der Waals surface area contributed by atoms with Crippen LogP contribution < -0.4 is 5.32 Å². The van der Waals surface area contributed by atoms with Crippen molar-refractivity contribution in [2.24, 2.45) is 0 Å². The van der Waals surface area contributed by atoms with Gasteiger partial charge in [-0.2, -0.15) is 0 Å². The number of rotatable bonds is 3. The summed E-state index contributed by atoms with van der Waals surface area (Å²) in [6, 6.07) is 6.64. The predicted molar refractivity (Wildman–Crippen MR) is 84.2 cm³/mol. The van der Waals surface area contributed by atoms with Crippen LogP contribution in [-0.4, -0.2) is 41.1 Å². The fraction of sp³-hybridized carbons (Fsp3) is 0.562. The fourth-order valence-electron chi connectivity index (χ4n) is 3.72. The smallest absolute Gasteiger partial charge is 0.335 e. The maximum absolute atomic E-state index is 10.9. The average Bonchev–Trinajstić information content (AvgIpc) is 2.42. The van der Waals surface area contributed by atoms with Gasteiger partial charge in [0.1, 0.15) is 0 Å². The molecule has 2 N–H and O–H groups in total. The van der Waals surface area contributed by atoms with Crippen LogP contribution in [0.1, 0.15) is 42.5 Å². The van der Waals surface area contributed by atoms with Gasteiger partial charge in [-0.3, -0.25) is 0 Å². The molecule has 0 spiro atoms. The lowest BCUT2D eigenvalue weighted by Gasteiger charge is -2.47. The molecule has 21 heavy (non-hydrogen) atoms. The predicted octanol–water partition coefficient (Wildman–Crippen LogP) is 3.47. The van der Waals surface area contributed by atoms with E-state index in [2.05, 4.69) is 17.3 Å². The number of anilines is 1. The van der Waals surface area contributed by atoms with Gasteiger partial charge in [-0.1, -0.05) is 18.0 Å². The highest BCUT2D eigenvalue weighted by atomic mass is 35.5. The molecular formula is C16H21ClN2O2. The van der Waals surface area contributed by atoms with Crippen LogP contribution in [-0.2, 0) is 0 Å². The van der Waals surface area contributed by atoms with Crippen molar-refractivity contribution in [2.45, 2.75) is 50.2 Å². The van der Waals surface area contributed by atoms with Crippen molar-refractivity contribution in [3.05, 3.63) is 28.8 Å². The van der Waals surface area contributed by atoms with Gasteiger partial charge < -0.3 is 15.3 Å². The van der Waals surface area contributed by atoms with Crippen LogP contribution in [0.4, 0.5) is 5.69 Å². The molecule has 1 aromatic carbocycles. The Hall–Kier alpha value is -1.26. The molecule has 2 aliphatic heterocycles. The number of carboxylic acid groups (broad SMARTS) is 1. The molecule has 0 amide bonds. The Morgan fingerprint density at radius 2 is 2.00 bits per heavy atom. The lowest BCUT2D eigenvalue weighted by Crippen LogP contribution is -2.52. The summed E-state index contributed by atoms with van der Waals surface area (Å²) in [4.78, 5) is 13.5. The van der Waals surface area contributed by atoms with Crippen molar-refractivity contribution in [3.8, 4) is 0 Å². The highest BCUT2D eigenvalue weighted by molar-refractivity contribution is 6.33. The monoisotopic (exact) mass is 308 g/mol. The Balaban J connectivity index is 1.71. The number of piperidine rings is 2. The highest BCUT2D eigenvalue weighted by Crippen LogP contribution is 2.35. The molecule has 2 bridgehead atoms. The molecule has 114 valence electrons. The third-order valence-electron chi connectivity index (χ3n) is 4.92. The number of halogens is 1. The number of nitrogens with zero attached hydrogens (tertiary/aromatic N) is 1. The Labute approximate surface area is 130 Å². The second-order valence-electron chi connectivity index (χ2n) is 6.22. The van der Waals surface area contributed by atoms with Crippen molar-refractivity contribution in [1.29, 1.82) is 0 Å². The minimum absolute atomic E-state index is 0.228. The van der Waals surface area contributed by atoms with Crippen molar-refractivity contribution < 1.29 is 9.90 Å². The number of carboxylic acids is 1. The van der Waals surface area contributed by atoms with Crippen molar-refractivity contribution >= 4 is 23.3 Å². The zero-order valence-electron chi connectivity index (χ0n) is 12.2. The molecular weight excluding hydrogens is 288 g/mol. The van der Waals surface area contributed by atoms with Crippen LogP contribution in [0.3, 0.4) is 0 Å². The number of hydrogen-bond donors (Lipinski definition) is 2. The van der Waals surface area contributed by atoms with Crippen molar-refractivity contribution in [2.75, 3.05) is 12.4 Å². The second-order valence-corrected chi connectivity index (χ2v) is 6.62.